The van der Waals surface area contributed by atoms with Gasteiger partial charge in [-0.3, -0.25) is 4.79 Å². The van der Waals surface area contributed by atoms with Gasteiger partial charge in [0, 0.05) is 13.0 Å². The molecule has 1 aliphatic rings. The fraction of sp³-hybridized carbons (Fsp3) is 0.455. The van der Waals surface area contributed by atoms with Crippen molar-refractivity contribution in [2.24, 2.45) is 0 Å². The maximum Gasteiger partial charge on any atom is 0.242 e. The van der Waals surface area contributed by atoms with Gasteiger partial charge in [-0.1, -0.05) is 17.7 Å². The van der Waals surface area contributed by atoms with Crippen molar-refractivity contribution in [1.82, 2.24) is 10.3 Å². The first kappa shape index (κ1) is 12.3. The van der Waals surface area contributed by atoms with Crippen LogP contribution in [0.5, 0.6) is 0 Å². The molecule has 0 saturated carbocycles. The van der Waals surface area contributed by atoms with E-state index in [-0.39, 0.29) is 18.9 Å². The minimum atomic E-state index is -1.33. The molecule has 4 nitrogen and oxygen atoms in total. The van der Waals surface area contributed by atoms with Crippen LogP contribution in [-0.2, 0) is 4.79 Å². The average Bonchev–Trinajstić information content (AvgIpc) is 2.59. The summed E-state index contributed by atoms with van der Waals surface area (Å²) in [6.07, 6.45) is 0.166. The summed E-state index contributed by atoms with van der Waals surface area (Å²) in [4.78, 5) is 15.7. The Morgan fingerprint density at radius 2 is 2.47 bits per heavy atom. The van der Waals surface area contributed by atoms with Crippen LogP contribution in [-0.4, -0.2) is 29.1 Å². The molecule has 2 rings (SSSR count). The van der Waals surface area contributed by atoms with Crippen molar-refractivity contribution < 1.29 is 9.18 Å². The molecule has 0 radical (unpaired) electrons. The van der Waals surface area contributed by atoms with E-state index in [1.165, 1.54) is 6.92 Å². The molecule has 1 amide bonds. The van der Waals surface area contributed by atoms with Crippen LogP contribution in [0.25, 0.3) is 0 Å². The number of amides is 1. The van der Waals surface area contributed by atoms with E-state index in [4.69, 9.17) is 11.6 Å². The lowest BCUT2D eigenvalue weighted by Crippen LogP contribution is -2.35. The van der Waals surface area contributed by atoms with Crippen LogP contribution in [0.4, 0.5) is 10.2 Å². The Bertz CT molecular complexity index is 438. The minimum absolute atomic E-state index is 0.166. The number of carbonyl (C=O) groups is 1. The highest BCUT2D eigenvalue weighted by Gasteiger charge is 2.38. The Morgan fingerprint density at radius 3 is 3.06 bits per heavy atom. The zero-order chi connectivity index (χ0) is 12.5. The maximum absolute atomic E-state index is 13.5. The van der Waals surface area contributed by atoms with Crippen molar-refractivity contribution in [2.45, 2.75) is 25.1 Å². The lowest BCUT2D eigenvalue weighted by atomic mass is 10.0. The van der Waals surface area contributed by atoms with Gasteiger partial charge in [0.15, 0.2) is 0 Å². The number of aromatic nitrogens is 1. The van der Waals surface area contributed by atoms with Gasteiger partial charge < -0.3 is 10.6 Å². The summed E-state index contributed by atoms with van der Waals surface area (Å²) in [5, 5.41) is 5.74. The first-order chi connectivity index (χ1) is 7.96. The van der Waals surface area contributed by atoms with Crippen LogP contribution in [0.15, 0.2) is 18.2 Å². The highest BCUT2D eigenvalue weighted by molar-refractivity contribution is 6.29. The summed E-state index contributed by atoms with van der Waals surface area (Å²) < 4.78 is 13.5. The Balaban J connectivity index is 1.98. The molecule has 1 aliphatic heterocycles. The molecular weight excluding hydrogens is 245 g/mol. The summed E-state index contributed by atoms with van der Waals surface area (Å²) in [7, 11) is 0. The first-order valence-electron chi connectivity index (χ1n) is 5.32. The second kappa shape index (κ2) is 4.58. The minimum Gasteiger partial charge on any atom is -0.309 e. The van der Waals surface area contributed by atoms with Crippen molar-refractivity contribution in [3.63, 3.8) is 0 Å². The summed E-state index contributed by atoms with van der Waals surface area (Å²) >= 11 is 5.70. The van der Waals surface area contributed by atoms with E-state index in [9.17, 15) is 9.18 Å². The summed E-state index contributed by atoms with van der Waals surface area (Å²) in [6, 6.07) is 4.41. The number of rotatable bonds is 2. The second-order valence-electron chi connectivity index (χ2n) is 4.39. The summed E-state index contributed by atoms with van der Waals surface area (Å²) in [5.74, 6) is 0.0814. The van der Waals surface area contributed by atoms with Crippen molar-refractivity contribution in [1.29, 1.82) is 0 Å². The van der Waals surface area contributed by atoms with Crippen molar-refractivity contribution in [3.05, 3.63) is 23.4 Å². The van der Waals surface area contributed by atoms with Crippen LogP contribution in [0.3, 0.4) is 0 Å². The number of pyridine rings is 1. The molecule has 2 unspecified atom stereocenters. The molecule has 2 N–H and O–H groups in total. The molecule has 1 fully saturated rings. The number of hydrogen-bond acceptors (Lipinski definition) is 3. The summed E-state index contributed by atoms with van der Waals surface area (Å²) in [6.45, 7) is 1.67. The number of hydrogen-bond donors (Lipinski definition) is 2. The molecular formula is C11H13ClFN3O. The normalized spacial score (nSPS) is 28.1. The van der Waals surface area contributed by atoms with Gasteiger partial charge in [-0.15, -0.1) is 0 Å². The average molecular weight is 258 g/mol. The molecule has 1 aromatic heterocycles. The van der Waals surface area contributed by atoms with Crippen LogP contribution < -0.4 is 10.6 Å². The SMILES string of the molecule is CC1(F)CNC(C(=O)Nc2cccc(Cl)n2)C1. The van der Waals surface area contributed by atoms with Crippen LogP contribution in [0.2, 0.25) is 5.15 Å². The smallest absolute Gasteiger partial charge is 0.242 e. The van der Waals surface area contributed by atoms with E-state index in [1.54, 1.807) is 18.2 Å². The van der Waals surface area contributed by atoms with Crippen LogP contribution in [0.1, 0.15) is 13.3 Å². The number of alkyl halides is 1. The van der Waals surface area contributed by atoms with Gasteiger partial charge in [-0.25, -0.2) is 9.37 Å². The number of nitrogens with one attached hydrogen (secondary N) is 2. The number of anilines is 1. The predicted molar refractivity (Wildman–Crippen MR) is 63.8 cm³/mol. The Labute approximate surface area is 104 Å². The van der Waals surface area contributed by atoms with Gasteiger partial charge in [0.1, 0.15) is 16.6 Å². The van der Waals surface area contributed by atoms with Crippen LogP contribution >= 0.6 is 11.6 Å². The summed E-state index contributed by atoms with van der Waals surface area (Å²) in [5.41, 5.74) is -1.33. The topological polar surface area (TPSA) is 54.0 Å². The highest BCUT2D eigenvalue weighted by Crippen LogP contribution is 2.23. The number of carbonyl (C=O) groups excluding carboxylic acids is 1. The third-order valence-electron chi connectivity index (χ3n) is 2.63. The predicted octanol–water partition coefficient (Wildman–Crippen LogP) is 1.76. The van der Waals surface area contributed by atoms with E-state index >= 15 is 0 Å². The standard InChI is InChI=1S/C11H13ClFN3O/c1-11(13)5-7(14-6-11)10(17)16-9-4-2-3-8(12)15-9/h2-4,7,14H,5-6H2,1H3,(H,15,16,17). The second-order valence-corrected chi connectivity index (χ2v) is 4.77. The number of nitrogens with zero attached hydrogens (tertiary/aromatic N) is 1. The Kier molecular flexibility index (Phi) is 3.31. The molecule has 92 valence electrons. The van der Waals surface area contributed by atoms with E-state index < -0.39 is 11.7 Å². The van der Waals surface area contributed by atoms with Gasteiger partial charge in [0.05, 0.1) is 6.04 Å². The third kappa shape index (κ3) is 3.14. The van der Waals surface area contributed by atoms with Crippen molar-refractivity contribution in [2.75, 3.05) is 11.9 Å². The van der Waals surface area contributed by atoms with E-state index in [1.807, 2.05) is 0 Å². The van der Waals surface area contributed by atoms with Gasteiger partial charge in [-0.05, 0) is 19.1 Å². The monoisotopic (exact) mass is 257 g/mol. The Morgan fingerprint density at radius 1 is 1.71 bits per heavy atom. The quantitative estimate of drug-likeness (QED) is 0.794. The third-order valence-corrected chi connectivity index (χ3v) is 2.84. The molecule has 1 aromatic rings. The molecule has 2 atom stereocenters. The first-order valence-corrected chi connectivity index (χ1v) is 5.70. The van der Waals surface area contributed by atoms with Gasteiger partial charge in [0.25, 0.3) is 0 Å². The lowest BCUT2D eigenvalue weighted by molar-refractivity contribution is -0.118. The lowest BCUT2D eigenvalue weighted by Gasteiger charge is -2.12. The van der Waals surface area contributed by atoms with E-state index in [0.717, 1.165) is 0 Å². The molecule has 1 saturated heterocycles. The largest absolute Gasteiger partial charge is 0.309 e. The van der Waals surface area contributed by atoms with E-state index in [2.05, 4.69) is 15.6 Å². The molecule has 6 heteroatoms. The zero-order valence-corrected chi connectivity index (χ0v) is 10.1. The molecule has 17 heavy (non-hydrogen) atoms. The maximum atomic E-state index is 13.5. The highest BCUT2D eigenvalue weighted by atomic mass is 35.5. The molecule has 0 aliphatic carbocycles. The fourth-order valence-corrected chi connectivity index (χ4v) is 1.95. The molecule has 2 heterocycles. The van der Waals surface area contributed by atoms with Gasteiger partial charge in [0.2, 0.25) is 5.91 Å². The molecule has 0 aromatic carbocycles. The zero-order valence-electron chi connectivity index (χ0n) is 9.34. The van der Waals surface area contributed by atoms with Crippen LogP contribution in [0, 0.1) is 0 Å². The number of halogens is 2. The van der Waals surface area contributed by atoms with Gasteiger partial charge in [-0.2, -0.15) is 0 Å². The van der Waals surface area contributed by atoms with Crippen molar-refractivity contribution in [3.8, 4) is 0 Å². The van der Waals surface area contributed by atoms with Gasteiger partial charge >= 0.3 is 0 Å². The Hall–Kier alpha value is -1.20. The fourth-order valence-electron chi connectivity index (χ4n) is 1.78. The molecule has 0 spiro atoms. The van der Waals surface area contributed by atoms with E-state index in [0.29, 0.717) is 11.0 Å². The van der Waals surface area contributed by atoms with Crippen molar-refractivity contribution >= 4 is 23.3 Å². The molecule has 0 bridgehead atoms.